The summed E-state index contributed by atoms with van der Waals surface area (Å²) in [5.74, 6) is 0.435. The molecule has 0 radical (unpaired) electrons. The number of nitrogens with zero attached hydrogens (tertiary/aromatic N) is 2. The number of ether oxygens (including phenoxy) is 1. The van der Waals surface area contributed by atoms with Crippen LogP contribution in [0, 0.1) is 11.3 Å². The average Bonchev–Trinajstić information content (AvgIpc) is 3.26. The first-order chi connectivity index (χ1) is 12.9. The molecule has 8 heteroatoms. The van der Waals surface area contributed by atoms with E-state index in [1.54, 1.807) is 0 Å². The molecule has 2 atom stereocenters. The fourth-order valence-corrected chi connectivity index (χ4v) is 4.91. The topological polar surface area (TPSA) is 45.6 Å². The number of hydrogen-bond acceptors (Lipinski definition) is 5. The molecule has 0 amide bonds. The van der Waals surface area contributed by atoms with E-state index in [0.29, 0.717) is 24.6 Å². The molecule has 2 aliphatic rings. The molecule has 1 N–H and O–H groups in total. The molecule has 2 saturated heterocycles. The highest BCUT2D eigenvalue weighted by atomic mass is 32.1. The van der Waals surface area contributed by atoms with Gasteiger partial charge in [0.2, 0.25) is 0 Å². The summed E-state index contributed by atoms with van der Waals surface area (Å²) in [6.45, 7) is 3.84. The molecule has 3 heterocycles. The molecule has 0 spiro atoms. The first-order valence-corrected chi connectivity index (χ1v) is 9.81. The van der Waals surface area contributed by atoms with Gasteiger partial charge in [-0.15, -0.1) is 11.3 Å². The largest absolute Gasteiger partial charge is 0.416 e. The molecule has 1 aromatic heterocycles. The maximum absolute atomic E-state index is 12.7. The Morgan fingerprint density at radius 2 is 2.07 bits per heavy atom. The molecule has 146 valence electrons. The summed E-state index contributed by atoms with van der Waals surface area (Å²) in [6.07, 6.45) is -3.36. The molecule has 0 bridgehead atoms. The Balaban J connectivity index is 1.44. The molecule has 2 fully saturated rings. The monoisotopic (exact) mass is 398 g/mol. The quantitative estimate of drug-likeness (QED) is 0.854. The van der Waals surface area contributed by atoms with E-state index < -0.39 is 11.7 Å². The minimum Gasteiger partial charge on any atom is -0.396 e. The van der Waals surface area contributed by atoms with E-state index in [1.165, 1.54) is 23.5 Å². The van der Waals surface area contributed by atoms with Gasteiger partial charge in [-0.05, 0) is 24.5 Å². The van der Waals surface area contributed by atoms with Gasteiger partial charge in [0.25, 0.3) is 0 Å². The Morgan fingerprint density at radius 3 is 2.74 bits per heavy atom. The third-order valence-electron chi connectivity index (χ3n) is 5.59. The summed E-state index contributed by atoms with van der Waals surface area (Å²) >= 11 is 1.44. The lowest BCUT2D eigenvalue weighted by molar-refractivity contribution is -0.137. The number of rotatable bonds is 4. The number of aliphatic hydroxyl groups excluding tert-OH is 1. The lowest BCUT2D eigenvalue weighted by Crippen LogP contribution is -2.42. The van der Waals surface area contributed by atoms with E-state index in [9.17, 15) is 18.3 Å². The second-order valence-electron chi connectivity index (χ2n) is 7.45. The van der Waals surface area contributed by atoms with E-state index in [2.05, 4.69) is 9.88 Å². The number of likely N-dealkylation sites (tertiary alicyclic amines) is 1. The summed E-state index contributed by atoms with van der Waals surface area (Å²) in [5.41, 5.74) is 0.765. The van der Waals surface area contributed by atoms with Crippen molar-refractivity contribution in [2.45, 2.75) is 19.1 Å². The van der Waals surface area contributed by atoms with Crippen LogP contribution in [-0.4, -0.2) is 47.9 Å². The minimum atomic E-state index is -4.33. The van der Waals surface area contributed by atoms with Gasteiger partial charge in [-0.2, -0.15) is 13.2 Å². The zero-order chi connectivity index (χ0) is 19.1. The van der Waals surface area contributed by atoms with Crippen LogP contribution in [0.2, 0.25) is 0 Å². The molecule has 0 saturated carbocycles. The Bertz CT molecular complexity index is 793. The highest BCUT2D eigenvalue weighted by Gasteiger charge is 2.48. The van der Waals surface area contributed by atoms with Crippen LogP contribution < -0.4 is 0 Å². The van der Waals surface area contributed by atoms with E-state index >= 15 is 0 Å². The van der Waals surface area contributed by atoms with E-state index in [-0.39, 0.29) is 12.0 Å². The van der Waals surface area contributed by atoms with Gasteiger partial charge in [0.1, 0.15) is 5.01 Å². The molecule has 0 aliphatic carbocycles. The van der Waals surface area contributed by atoms with Crippen LogP contribution >= 0.6 is 11.3 Å². The van der Waals surface area contributed by atoms with Crippen molar-refractivity contribution < 1.29 is 23.0 Å². The third kappa shape index (κ3) is 3.76. The van der Waals surface area contributed by atoms with Crippen molar-refractivity contribution in [1.29, 1.82) is 0 Å². The molecular formula is C19H21F3N2O2S. The van der Waals surface area contributed by atoms with Crippen LogP contribution in [0.1, 0.15) is 17.7 Å². The van der Waals surface area contributed by atoms with E-state index in [4.69, 9.17) is 4.74 Å². The zero-order valence-electron chi connectivity index (χ0n) is 14.7. The lowest BCUT2D eigenvalue weighted by Gasteiger charge is -2.36. The summed E-state index contributed by atoms with van der Waals surface area (Å²) in [6, 6.07) is 5.11. The molecule has 1 aromatic carbocycles. The van der Waals surface area contributed by atoms with Gasteiger partial charge in [-0.1, -0.05) is 12.1 Å². The summed E-state index contributed by atoms with van der Waals surface area (Å²) in [5, 5.41) is 12.5. The van der Waals surface area contributed by atoms with Gasteiger partial charge in [0, 0.05) is 42.6 Å². The molecule has 2 aliphatic heterocycles. The standard InChI is InChI=1S/C19H21F3N2O2S/c20-19(21,22)14-3-1-13(2-4-14)17-23-16(9-27-17)8-24-7-15-5-6-26-12-18(15,10-24)11-25/h1-4,9,15,25H,5-8,10-12H2/t15-,18+/m0/s1. The maximum Gasteiger partial charge on any atom is 0.416 e. The molecule has 27 heavy (non-hydrogen) atoms. The second-order valence-corrected chi connectivity index (χ2v) is 8.31. The van der Waals surface area contributed by atoms with Gasteiger partial charge in [-0.25, -0.2) is 4.98 Å². The molecule has 2 aromatic rings. The number of benzene rings is 1. The number of hydrogen-bond donors (Lipinski definition) is 1. The Morgan fingerprint density at radius 1 is 1.30 bits per heavy atom. The second kappa shape index (κ2) is 7.16. The van der Waals surface area contributed by atoms with Crippen molar-refractivity contribution >= 4 is 11.3 Å². The minimum absolute atomic E-state index is 0.127. The number of halogens is 3. The number of aromatic nitrogens is 1. The Kier molecular flexibility index (Phi) is 5.00. The number of alkyl halides is 3. The van der Waals surface area contributed by atoms with Gasteiger partial charge in [-0.3, -0.25) is 4.90 Å². The highest BCUT2D eigenvalue weighted by Crippen LogP contribution is 2.41. The molecule has 4 nitrogen and oxygen atoms in total. The van der Waals surface area contributed by atoms with Gasteiger partial charge in [0.05, 0.1) is 24.5 Å². The number of fused-ring (bicyclic) bond motifs is 1. The highest BCUT2D eigenvalue weighted by molar-refractivity contribution is 7.13. The molecule has 4 rings (SSSR count). The smallest absolute Gasteiger partial charge is 0.396 e. The van der Waals surface area contributed by atoms with Crippen LogP contribution in [0.25, 0.3) is 10.6 Å². The van der Waals surface area contributed by atoms with Crippen LogP contribution in [0.4, 0.5) is 13.2 Å². The van der Waals surface area contributed by atoms with Crippen molar-refractivity contribution in [2.75, 3.05) is 32.9 Å². The first-order valence-electron chi connectivity index (χ1n) is 8.93. The zero-order valence-corrected chi connectivity index (χ0v) is 15.5. The average molecular weight is 398 g/mol. The lowest BCUT2D eigenvalue weighted by atomic mass is 9.76. The van der Waals surface area contributed by atoms with Crippen LogP contribution in [0.3, 0.4) is 0 Å². The number of aliphatic hydroxyl groups is 1. The summed E-state index contributed by atoms with van der Waals surface area (Å²) in [4.78, 5) is 6.90. The summed E-state index contributed by atoms with van der Waals surface area (Å²) < 4.78 is 43.7. The van der Waals surface area contributed by atoms with E-state index in [0.717, 1.165) is 49.0 Å². The van der Waals surface area contributed by atoms with Crippen molar-refractivity contribution in [1.82, 2.24) is 9.88 Å². The predicted molar refractivity (Wildman–Crippen MR) is 96.3 cm³/mol. The Hall–Kier alpha value is -1.48. The Labute approximate surface area is 159 Å². The number of thiazole rings is 1. The van der Waals surface area contributed by atoms with Crippen molar-refractivity contribution in [3.63, 3.8) is 0 Å². The normalized spacial score (nSPS) is 26.3. The summed E-state index contributed by atoms with van der Waals surface area (Å²) in [7, 11) is 0. The van der Waals surface area contributed by atoms with Crippen molar-refractivity contribution in [2.24, 2.45) is 11.3 Å². The van der Waals surface area contributed by atoms with Crippen molar-refractivity contribution in [3.05, 3.63) is 40.9 Å². The third-order valence-corrected chi connectivity index (χ3v) is 6.53. The molecule has 0 unspecified atom stereocenters. The SMILES string of the molecule is OC[C@]12COCC[C@H]1CN(Cc1csc(-c3ccc(C(F)(F)F)cc3)n1)C2. The fourth-order valence-electron chi connectivity index (χ4n) is 4.09. The predicted octanol–water partition coefficient (Wildman–Crippen LogP) is 3.66. The van der Waals surface area contributed by atoms with Gasteiger partial charge in [0.15, 0.2) is 0 Å². The van der Waals surface area contributed by atoms with Gasteiger partial charge >= 0.3 is 6.18 Å². The van der Waals surface area contributed by atoms with Crippen LogP contribution in [-0.2, 0) is 17.5 Å². The fraction of sp³-hybridized carbons (Fsp3) is 0.526. The maximum atomic E-state index is 12.7. The first kappa shape index (κ1) is 18.9. The van der Waals surface area contributed by atoms with Crippen LogP contribution in [0.5, 0.6) is 0 Å². The molecular weight excluding hydrogens is 377 g/mol. The van der Waals surface area contributed by atoms with Crippen LogP contribution in [0.15, 0.2) is 29.6 Å². The van der Waals surface area contributed by atoms with Crippen molar-refractivity contribution in [3.8, 4) is 10.6 Å². The van der Waals surface area contributed by atoms with E-state index in [1.807, 2.05) is 5.38 Å². The van der Waals surface area contributed by atoms with Gasteiger partial charge < -0.3 is 9.84 Å².